The van der Waals surface area contributed by atoms with Crippen molar-refractivity contribution in [2.45, 2.75) is 6.17 Å². The number of rotatable bonds is 6. The van der Waals surface area contributed by atoms with E-state index >= 15 is 0 Å². The molecular weight excluding hydrogens is 703 g/mol. The highest BCUT2D eigenvalue weighted by molar-refractivity contribution is 7.26. The van der Waals surface area contributed by atoms with E-state index in [1.807, 2.05) is 29.5 Å². The highest BCUT2D eigenvalue weighted by Gasteiger charge is 2.24. The maximum Gasteiger partial charge on any atom is 0.169 e. The lowest BCUT2D eigenvalue weighted by Crippen LogP contribution is -2.36. The largest absolute Gasteiger partial charge is 0.455 e. The summed E-state index contributed by atoms with van der Waals surface area (Å²) in [6.45, 7) is 0. The molecule has 1 aliphatic heterocycles. The van der Waals surface area contributed by atoms with Gasteiger partial charge in [-0.2, -0.15) is 0 Å². The monoisotopic (exact) mass is 735 g/mol. The number of nitrogens with zero attached hydrogens (tertiary/aromatic N) is 2. The Morgan fingerprint density at radius 3 is 1.77 bits per heavy atom. The summed E-state index contributed by atoms with van der Waals surface area (Å²) < 4.78 is 8.98. The Labute approximate surface area is 327 Å². The standard InChI is InChI=1S/C51H33N3OS/c1-3-11-32(12-4-1)33-21-23-34(24-22-33)35-25-27-37(28-26-35)49-52-50(54-51(53-49)43-18-9-17-41-40-15-7-8-19-44(40)55-48(41)43)38-29-30-42-46(31-38)56-45-20-10-16-39(47(42)45)36-13-5-2-6-14-36/h1-31,50H,(H,52,53,54). The molecule has 0 bridgehead atoms. The molecule has 0 saturated carbocycles. The number of hydrogen-bond donors (Lipinski definition) is 1. The van der Waals surface area contributed by atoms with Crippen LogP contribution in [0.15, 0.2) is 202 Å². The second kappa shape index (κ2) is 13.3. The Morgan fingerprint density at radius 1 is 0.429 bits per heavy atom. The summed E-state index contributed by atoms with van der Waals surface area (Å²) >= 11 is 1.82. The highest BCUT2D eigenvalue weighted by atomic mass is 32.1. The molecule has 4 nitrogen and oxygen atoms in total. The van der Waals surface area contributed by atoms with Crippen LogP contribution in [0.25, 0.3) is 75.5 Å². The summed E-state index contributed by atoms with van der Waals surface area (Å²) in [6.07, 6.45) is -0.464. The maximum atomic E-state index is 6.50. The Kier molecular flexibility index (Phi) is 7.71. The van der Waals surface area contributed by atoms with Crippen molar-refractivity contribution >= 4 is 65.1 Å². The molecule has 264 valence electrons. The summed E-state index contributed by atoms with van der Waals surface area (Å²) in [5, 5.41) is 8.32. The van der Waals surface area contributed by atoms with Gasteiger partial charge >= 0.3 is 0 Å². The normalized spacial score (nSPS) is 14.2. The smallest absolute Gasteiger partial charge is 0.169 e. The molecule has 0 fully saturated rings. The van der Waals surface area contributed by atoms with E-state index in [0.29, 0.717) is 0 Å². The van der Waals surface area contributed by atoms with E-state index in [9.17, 15) is 0 Å². The van der Waals surface area contributed by atoms with Crippen LogP contribution in [0.1, 0.15) is 22.9 Å². The summed E-state index contributed by atoms with van der Waals surface area (Å²) in [5.41, 5.74) is 11.8. The van der Waals surface area contributed by atoms with Crippen molar-refractivity contribution in [2.24, 2.45) is 9.98 Å². The van der Waals surface area contributed by atoms with Gasteiger partial charge in [-0.05, 0) is 63.2 Å². The van der Waals surface area contributed by atoms with Gasteiger partial charge in [-0.1, -0.05) is 164 Å². The Balaban J connectivity index is 1.00. The lowest BCUT2D eigenvalue weighted by Gasteiger charge is -2.22. The van der Waals surface area contributed by atoms with Gasteiger partial charge in [0.2, 0.25) is 0 Å². The lowest BCUT2D eigenvalue weighted by atomic mass is 9.98. The maximum absolute atomic E-state index is 6.50. The van der Waals surface area contributed by atoms with E-state index in [-0.39, 0.29) is 0 Å². The zero-order valence-electron chi connectivity index (χ0n) is 30.2. The Morgan fingerprint density at radius 2 is 1.02 bits per heavy atom. The van der Waals surface area contributed by atoms with Crippen LogP contribution in [0.4, 0.5) is 0 Å². The summed E-state index contributed by atoms with van der Waals surface area (Å²) in [5.74, 6) is 1.50. The minimum absolute atomic E-state index is 0.464. The van der Waals surface area contributed by atoms with Crippen molar-refractivity contribution < 1.29 is 4.42 Å². The van der Waals surface area contributed by atoms with Crippen molar-refractivity contribution in [3.8, 4) is 33.4 Å². The summed E-state index contributed by atoms with van der Waals surface area (Å²) in [7, 11) is 0. The van der Waals surface area contributed by atoms with Gasteiger partial charge in [0.05, 0.1) is 5.56 Å². The predicted molar refractivity (Wildman–Crippen MR) is 235 cm³/mol. The van der Waals surface area contributed by atoms with Crippen LogP contribution in [-0.4, -0.2) is 11.7 Å². The van der Waals surface area contributed by atoms with Crippen LogP contribution in [0, 0.1) is 0 Å². The molecule has 5 heteroatoms. The number of furan rings is 1. The summed E-state index contributed by atoms with van der Waals surface area (Å²) in [6, 6.07) is 66.3. The first kappa shape index (κ1) is 32.4. The van der Waals surface area contributed by atoms with Gasteiger partial charge < -0.3 is 9.73 Å². The second-order valence-electron chi connectivity index (χ2n) is 14.2. The number of aliphatic imine (C=N–C) groups is 2. The van der Waals surface area contributed by atoms with Gasteiger partial charge in [-0.15, -0.1) is 11.3 Å². The van der Waals surface area contributed by atoms with Crippen molar-refractivity contribution in [2.75, 3.05) is 0 Å². The molecule has 0 aliphatic carbocycles. The molecule has 0 amide bonds. The van der Waals surface area contributed by atoms with Crippen LogP contribution in [0.5, 0.6) is 0 Å². The molecule has 56 heavy (non-hydrogen) atoms. The first-order valence-corrected chi connectivity index (χ1v) is 19.7. The molecule has 2 aromatic heterocycles. The van der Waals surface area contributed by atoms with Crippen molar-refractivity contribution in [3.63, 3.8) is 0 Å². The molecule has 1 aliphatic rings. The SMILES string of the molecule is c1ccc(-c2ccc(-c3ccc(C4=NC(c5ccc6c(c5)sc5cccc(-c7ccccc7)c56)N=C(c5cccc6c5oc5ccccc56)N4)cc3)cc2)cc1. The Hall–Kier alpha value is -7.08. The molecule has 1 N–H and O–H groups in total. The quantitative estimate of drug-likeness (QED) is 0.185. The molecule has 11 rings (SSSR count). The first-order chi connectivity index (χ1) is 27.7. The molecule has 0 saturated heterocycles. The number of nitrogens with one attached hydrogen (secondary N) is 1. The van der Waals surface area contributed by atoms with Crippen molar-refractivity contribution in [1.29, 1.82) is 0 Å². The zero-order chi connectivity index (χ0) is 37.0. The van der Waals surface area contributed by atoms with Crippen LogP contribution in [0.2, 0.25) is 0 Å². The van der Waals surface area contributed by atoms with Gasteiger partial charge in [0.1, 0.15) is 22.8 Å². The van der Waals surface area contributed by atoms with Gasteiger partial charge in [-0.25, -0.2) is 9.98 Å². The number of fused-ring (bicyclic) bond motifs is 6. The second-order valence-corrected chi connectivity index (χ2v) is 15.2. The van der Waals surface area contributed by atoms with E-state index in [4.69, 9.17) is 14.4 Å². The number of hydrogen-bond acceptors (Lipinski definition) is 5. The minimum atomic E-state index is -0.464. The van der Waals surface area contributed by atoms with E-state index in [1.54, 1.807) is 0 Å². The molecule has 0 spiro atoms. The van der Waals surface area contributed by atoms with Gasteiger partial charge in [-0.3, -0.25) is 0 Å². The molecule has 10 aromatic rings. The van der Waals surface area contributed by atoms with Crippen LogP contribution < -0.4 is 5.32 Å². The number of benzene rings is 8. The number of amidine groups is 2. The van der Waals surface area contributed by atoms with Crippen molar-refractivity contribution in [1.82, 2.24) is 5.32 Å². The average Bonchev–Trinajstić information content (AvgIpc) is 3.85. The number of thiophene rings is 1. The average molecular weight is 736 g/mol. The fourth-order valence-corrected chi connectivity index (χ4v) is 9.16. The fourth-order valence-electron chi connectivity index (χ4n) is 7.98. The molecule has 8 aromatic carbocycles. The minimum Gasteiger partial charge on any atom is -0.455 e. The molecule has 1 unspecified atom stereocenters. The third-order valence-electron chi connectivity index (χ3n) is 10.8. The van der Waals surface area contributed by atoms with Gasteiger partial charge in [0.25, 0.3) is 0 Å². The molecule has 3 heterocycles. The third-order valence-corrected chi connectivity index (χ3v) is 11.9. The highest BCUT2D eigenvalue weighted by Crippen LogP contribution is 2.42. The van der Waals surface area contributed by atoms with Gasteiger partial charge in [0, 0.05) is 36.5 Å². The lowest BCUT2D eigenvalue weighted by molar-refractivity contribution is 0.667. The first-order valence-electron chi connectivity index (χ1n) is 18.8. The van der Waals surface area contributed by atoms with Crippen LogP contribution >= 0.6 is 11.3 Å². The van der Waals surface area contributed by atoms with E-state index in [1.165, 1.54) is 48.0 Å². The molecule has 1 atom stereocenters. The van der Waals surface area contributed by atoms with E-state index in [2.05, 4.69) is 175 Å². The molecular formula is C51H33N3OS. The van der Waals surface area contributed by atoms with Gasteiger partial charge in [0.15, 0.2) is 6.17 Å². The predicted octanol–water partition coefficient (Wildman–Crippen LogP) is 13.5. The topological polar surface area (TPSA) is 49.9 Å². The van der Waals surface area contributed by atoms with Crippen LogP contribution in [0.3, 0.4) is 0 Å². The Bertz CT molecular complexity index is 3140. The van der Waals surface area contributed by atoms with E-state index in [0.717, 1.165) is 55.9 Å². The van der Waals surface area contributed by atoms with Crippen molar-refractivity contribution in [3.05, 3.63) is 205 Å². The fraction of sp³-hybridized carbons (Fsp3) is 0.0196. The summed E-state index contributed by atoms with van der Waals surface area (Å²) in [4.78, 5) is 10.6. The van der Waals surface area contributed by atoms with Crippen LogP contribution in [-0.2, 0) is 0 Å². The van der Waals surface area contributed by atoms with E-state index < -0.39 is 6.17 Å². The zero-order valence-corrected chi connectivity index (χ0v) is 31.0. The number of para-hydroxylation sites is 2. The third kappa shape index (κ3) is 5.60. The molecule has 0 radical (unpaired) electrons.